The van der Waals surface area contributed by atoms with Crippen LogP contribution in [0.2, 0.25) is 0 Å². The molecular formula is C5H10IN7. The summed E-state index contributed by atoms with van der Waals surface area (Å²) in [5.74, 6) is 0.885. The second-order valence-electron chi connectivity index (χ2n) is 2.01. The van der Waals surface area contributed by atoms with Gasteiger partial charge in [0.15, 0.2) is 3.83 Å². The first kappa shape index (κ1) is 10.3. The van der Waals surface area contributed by atoms with Crippen molar-refractivity contribution in [1.82, 2.24) is 15.0 Å². The first-order chi connectivity index (χ1) is 6.26. The number of nitrogens with one attached hydrogen (secondary N) is 2. The van der Waals surface area contributed by atoms with Crippen LogP contribution in [-0.2, 0) is 0 Å². The topological polar surface area (TPSA) is 115 Å². The molecule has 13 heavy (non-hydrogen) atoms. The molecule has 0 aliphatic rings. The molecule has 0 saturated carbocycles. The van der Waals surface area contributed by atoms with Crippen LogP contribution in [0, 0.1) is 3.83 Å². The quantitative estimate of drug-likeness (QED) is 0.422. The van der Waals surface area contributed by atoms with Gasteiger partial charge in [0.1, 0.15) is 0 Å². The Kier molecular flexibility index (Phi) is 4.05. The van der Waals surface area contributed by atoms with Crippen LogP contribution in [0.1, 0.15) is 0 Å². The van der Waals surface area contributed by atoms with Gasteiger partial charge in [-0.1, -0.05) is 0 Å². The van der Waals surface area contributed by atoms with Gasteiger partial charge in [0.25, 0.3) is 0 Å². The lowest BCUT2D eigenvalue weighted by Gasteiger charge is -2.04. The minimum atomic E-state index is 0.280. The molecule has 72 valence electrons. The Morgan fingerprint density at radius 2 is 1.46 bits per heavy atom. The highest BCUT2D eigenvalue weighted by Gasteiger charge is 2.01. The summed E-state index contributed by atoms with van der Waals surface area (Å²) in [5.41, 5.74) is 10.6. The molecule has 0 radical (unpaired) electrons. The molecule has 0 fully saturated rings. The molecule has 0 aromatic carbocycles. The number of nitrogens with two attached hydrogens (primary N) is 2. The molecule has 0 spiro atoms. The zero-order chi connectivity index (χ0) is 9.68. The lowest BCUT2D eigenvalue weighted by molar-refractivity contribution is 0.958. The maximum atomic E-state index is 5.28. The van der Waals surface area contributed by atoms with Crippen molar-refractivity contribution < 1.29 is 0 Å². The van der Waals surface area contributed by atoms with E-state index in [1.807, 2.05) is 22.6 Å². The molecule has 8 heteroatoms. The molecule has 1 aromatic rings. The molecule has 0 aliphatic heterocycles. The van der Waals surface area contributed by atoms with E-state index in [1.54, 1.807) is 0 Å². The second kappa shape index (κ2) is 5.09. The monoisotopic (exact) mass is 295 g/mol. The van der Waals surface area contributed by atoms with Crippen LogP contribution in [0.5, 0.6) is 0 Å². The number of halogens is 1. The van der Waals surface area contributed by atoms with Crippen molar-refractivity contribution in [3.63, 3.8) is 0 Å². The molecule has 1 rings (SSSR count). The van der Waals surface area contributed by atoms with Crippen LogP contribution in [-0.4, -0.2) is 28.3 Å². The second-order valence-corrected chi connectivity index (χ2v) is 2.98. The van der Waals surface area contributed by atoms with Crippen LogP contribution in [0.3, 0.4) is 0 Å². The molecule has 1 aromatic heterocycles. The fourth-order valence-corrected chi connectivity index (χ4v) is 1.15. The van der Waals surface area contributed by atoms with Crippen LogP contribution in [0.25, 0.3) is 0 Å². The Balaban J connectivity index is 2.83. The Morgan fingerprint density at radius 3 is 1.85 bits per heavy atom. The van der Waals surface area contributed by atoms with Crippen LogP contribution < -0.4 is 22.1 Å². The van der Waals surface area contributed by atoms with Crippen LogP contribution in [0.4, 0.5) is 11.9 Å². The van der Waals surface area contributed by atoms with Crippen LogP contribution in [0.15, 0.2) is 0 Å². The Labute approximate surface area is 88.9 Å². The van der Waals surface area contributed by atoms with Crippen molar-refractivity contribution in [2.45, 2.75) is 0 Å². The van der Waals surface area contributed by atoms with E-state index in [2.05, 4.69) is 25.6 Å². The van der Waals surface area contributed by atoms with E-state index in [4.69, 9.17) is 11.5 Å². The van der Waals surface area contributed by atoms with Gasteiger partial charge >= 0.3 is 0 Å². The SMILES string of the molecule is NCNc1nc(I)nc(NCN)n1. The summed E-state index contributed by atoms with van der Waals surface area (Å²) in [5, 5.41) is 5.55. The molecule has 0 saturated heterocycles. The van der Waals surface area contributed by atoms with Crippen molar-refractivity contribution in [2.75, 3.05) is 24.0 Å². The Morgan fingerprint density at radius 1 is 1.00 bits per heavy atom. The Bertz CT molecular complexity index is 253. The smallest absolute Gasteiger partial charge is 0.229 e. The summed E-state index contributed by atoms with van der Waals surface area (Å²) in [6.45, 7) is 0.560. The third kappa shape index (κ3) is 3.24. The first-order valence-electron chi connectivity index (χ1n) is 3.55. The van der Waals surface area contributed by atoms with E-state index in [-0.39, 0.29) is 13.3 Å². The van der Waals surface area contributed by atoms with Gasteiger partial charge < -0.3 is 22.1 Å². The molecule has 6 N–H and O–H groups in total. The van der Waals surface area contributed by atoms with Gasteiger partial charge in [0.05, 0.1) is 13.3 Å². The summed E-state index contributed by atoms with van der Waals surface area (Å²) >= 11 is 1.99. The van der Waals surface area contributed by atoms with E-state index in [0.717, 1.165) is 0 Å². The van der Waals surface area contributed by atoms with Gasteiger partial charge in [-0.3, -0.25) is 0 Å². The zero-order valence-corrected chi connectivity index (χ0v) is 8.95. The highest BCUT2D eigenvalue weighted by molar-refractivity contribution is 14.1. The van der Waals surface area contributed by atoms with Gasteiger partial charge in [-0.2, -0.15) is 15.0 Å². The summed E-state index contributed by atoms with van der Waals surface area (Å²) in [7, 11) is 0. The summed E-state index contributed by atoms with van der Waals surface area (Å²) < 4.78 is 0.583. The van der Waals surface area contributed by atoms with Crippen molar-refractivity contribution in [3.05, 3.63) is 3.83 Å². The average molecular weight is 295 g/mol. The maximum Gasteiger partial charge on any atom is 0.229 e. The summed E-state index contributed by atoms with van der Waals surface area (Å²) in [6.07, 6.45) is 0. The number of aromatic nitrogens is 3. The molecule has 0 unspecified atom stereocenters. The van der Waals surface area contributed by atoms with Crippen molar-refractivity contribution in [1.29, 1.82) is 0 Å². The highest BCUT2D eigenvalue weighted by atomic mass is 127. The third-order valence-corrected chi connectivity index (χ3v) is 1.61. The summed E-state index contributed by atoms with van der Waals surface area (Å²) in [4.78, 5) is 12.0. The van der Waals surface area contributed by atoms with E-state index < -0.39 is 0 Å². The number of anilines is 2. The lowest BCUT2D eigenvalue weighted by atomic mass is 10.8. The van der Waals surface area contributed by atoms with E-state index in [0.29, 0.717) is 15.7 Å². The predicted molar refractivity (Wildman–Crippen MR) is 57.9 cm³/mol. The third-order valence-electron chi connectivity index (χ3n) is 1.13. The highest BCUT2D eigenvalue weighted by Crippen LogP contribution is 2.05. The molecular weight excluding hydrogens is 285 g/mol. The van der Waals surface area contributed by atoms with E-state index >= 15 is 0 Å². The van der Waals surface area contributed by atoms with Gasteiger partial charge in [-0.15, -0.1) is 0 Å². The molecule has 7 nitrogen and oxygen atoms in total. The largest absolute Gasteiger partial charge is 0.342 e. The van der Waals surface area contributed by atoms with Gasteiger partial charge in [0.2, 0.25) is 11.9 Å². The molecule has 1 heterocycles. The Hall–Kier alpha value is -0.740. The fraction of sp³-hybridized carbons (Fsp3) is 0.400. The normalized spacial score (nSPS) is 9.77. The lowest BCUT2D eigenvalue weighted by Crippen LogP contribution is -2.17. The maximum absolute atomic E-state index is 5.28. The number of rotatable bonds is 4. The first-order valence-corrected chi connectivity index (χ1v) is 4.63. The van der Waals surface area contributed by atoms with Crippen molar-refractivity contribution >= 4 is 34.5 Å². The van der Waals surface area contributed by atoms with Gasteiger partial charge in [-0.05, 0) is 0 Å². The van der Waals surface area contributed by atoms with Crippen molar-refractivity contribution in [3.8, 4) is 0 Å². The predicted octanol–water partition coefficient (Wildman–Crippen LogP) is -0.868. The van der Waals surface area contributed by atoms with Gasteiger partial charge in [0, 0.05) is 22.6 Å². The fourth-order valence-electron chi connectivity index (χ4n) is 0.691. The molecule has 0 amide bonds. The van der Waals surface area contributed by atoms with E-state index in [9.17, 15) is 0 Å². The molecule has 0 atom stereocenters. The van der Waals surface area contributed by atoms with Gasteiger partial charge in [-0.25, -0.2) is 0 Å². The van der Waals surface area contributed by atoms with E-state index in [1.165, 1.54) is 0 Å². The van der Waals surface area contributed by atoms with Crippen molar-refractivity contribution in [2.24, 2.45) is 11.5 Å². The zero-order valence-electron chi connectivity index (χ0n) is 6.79. The number of hydrogen-bond donors (Lipinski definition) is 4. The van der Waals surface area contributed by atoms with Crippen LogP contribution >= 0.6 is 22.6 Å². The number of nitrogens with zero attached hydrogens (tertiary/aromatic N) is 3. The summed E-state index contributed by atoms with van der Waals surface area (Å²) in [6, 6.07) is 0. The minimum Gasteiger partial charge on any atom is -0.342 e. The molecule has 0 bridgehead atoms. The standard InChI is InChI=1S/C5H10IN7/c6-3-11-4(9-1-7)13-5(12-3)10-2-8/h1-2,7-8H2,(H2,9,10,11,12,13). The minimum absolute atomic E-state index is 0.280. The average Bonchev–Trinajstić information content (AvgIpc) is 2.04. The molecule has 0 aliphatic carbocycles. The number of hydrogen-bond acceptors (Lipinski definition) is 7.